The van der Waals surface area contributed by atoms with Gasteiger partial charge in [-0.05, 0) is 12.1 Å². The van der Waals surface area contributed by atoms with Crippen molar-refractivity contribution < 1.29 is 9.53 Å². The smallest absolute Gasteiger partial charge is 0.328 e. The molecule has 0 aliphatic carbocycles. The number of aromatic nitrogens is 3. The number of pyridine rings is 1. The minimum absolute atomic E-state index is 0.142. The molecule has 2 heterocycles. The van der Waals surface area contributed by atoms with Crippen LogP contribution in [0, 0.1) is 0 Å². The van der Waals surface area contributed by atoms with Gasteiger partial charge in [-0.3, -0.25) is 19.1 Å². The van der Waals surface area contributed by atoms with Gasteiger partial charge in [-0.25, -0.2) is 4.79 Å². The maximum atomic E-state index is 12.2. The molecule has 0 aliphatic rings. The summed E-state index contributed by atoms with van der Waals surface area (Å²) in [6.45, 7) is 0.256. The summed E-state index contributed by atoms with van der Waals surface area (Å²) in [4.78, 5) is 42.0. The molecule has 0 bridgehead atoms. The molecule has 0 fully saturated rings. The molecule has 23 heavy (non-hydrogen) atoms. The van der Waals surface area contributed by atoms with Crippen LogP contribution in [0.4, 0.5) is 0 Å². The van der Waals surface area contributed by atoms with Crippen LogP contribution < -0.4 is 16.6 Å². The number of aromatic amines is 1. The second kappa shape index (κ2) is 7.50. The molecule has 0 radical (unpaired) electrons. The van der Waals surface area contributed by atoms with Crippen molar-refractivity contribution in [1.29, 1.82) is 0 Å². The summed E-state index contributed by atoms with van der Waals surface area (Å²) < 4.78 is 6.02. The molecular weight excluding hydrogens is 300 g/mol. The number of methoxy groups -OCH3 is 1. The first-order valence-corrected chi connectivity index (χ1v) is 6.99. The molecular formula is C15H18N4O4. The maximum absolute atomic E-state index is 12.2. The molecule has 0 spiro atoms. The quantitative estimate of drug-likeness (QED) is 0.748. The Morgan fingerprint density at radius 1 is 1.43 bits per heavy atom. The molecule has 2 N–H and O–H groups in total. The lowest BCUT2D eigenvalue weighted by molar-refractivity contribution is -0.121. The highest BCUT2D eigenvalue weighted by molar-refractivity contribution is 5.78. The van der Waals surface area contributed by atoms with Crippen molar-refractivity contribution in [2.45, 2.75) is 12.5 Å². The van der Waals surface area contributed by atoms with Gasteiger partial charge in [0.05, 0.1) is 24.8 Å². The molecule has 8 heteroatoms. The lowest BCUT2D eigenvalue weighted by Crippen LogP contribution is -2.38. The van der Waals surface area contributed by atoms with Crippen LogP contribution in [-0.2, 0) is 23.0 Å². The molecule has 0 aliphatic heterocycles. The van der Waals surface area contributed by atoms with Gasteiger partial charge in [-0.2, -0.15) is 0 Å². The average molecular weight is 318 g/mol. The van der Waals surface area contributed by atoms with E-state index < -0.39 is 17.3 Å². The fraction of sp³-hybridized carbons (Fsp3) is 0.333. The lowest BCUT2D eigenvalue weighted by atomic mass is 10.1. The van der Waals surface area contributed by atoms with E-state index in [0.717, 1.165) is 4.57 Å². The Morgan fingerprint density at radius 3 is 2.87 bits per heavy atom. The third-order valence-corrected chi connectivity index (χ3v) is 3.32. The van der Waals surface area contributed by atoms with E-state index in [1.54, 1.807) is 18.3 Å². The highest BCUT2D eigenvalue weighted by Gasteiger charge is 2.17. The van der Waals surface area contributed by atoms with Crippen molar-refractivity contribution in [3.05, 3.63) is 62.7 Å². The third kappa shape index (κ3) is 4.13. The highest BCUT2D eigenvalue weighted by Crippen LogP contribution is 2.09. The third-order valence-electron chi connectivity index (χ3n) is 3.32. The lowest BCUT2D eigenvalue weighted by Gasteiger charge is -2.17. The van der Waals surface area contributed by atoms with Crippen LogP contribution in [0.25, 0.3) is 0 Å². The van der Waals surface area contributed by atoms with Crippen molar-refractivity contribution in [3.8, 4) is 0 Å². The summed E-state index contributed by atoms with van der Waals surface area (Å²) in [7, 11) is 2.88. The first-order valence-electron chi connectivity index (χ1n) is 6.99. The highest BCUT2D eigenvalue weighted by atomic mass is 16.5. The fourth-order valence-corrected chi connectivity index (χ4v) is 2.11. The average Bonchev–Trinajstić information content (AvgIpc) is 2.56. The van der Waals surface area contributed by atoms with E-state index in [2.05, 4.69) is 15.3 Å². The van der Waals surface area contributed by atoms with E-state index in [9.17, 15) is 14.4 Å². The van der Waals surface area contributed by atoms with Gasteiger partial charge >= 0.3 is 5.69 Å². The van der Waals surface area contributed by atoms with Crippen molar-refractivity contribution in [3.63, 3.8) is 0 Å². The number of H-pyrrole nitrogens is 1. The molecule has 2 aromatic heterocycles. The Kier molecular flexibility index (Phi) is 5.42. The zero-order chi connectivity index (χ0) is 16.8. The number of carbonyl (C=O) groups excluding carboxylic acids is 1. The maximum Gasteiger partial charge on any atom is 0.328 e. The van der Waals surface area contributed by atoms with Crippen molar-refractivity contribution in [2.24, 2.45) is 7.05 Å². The standard InChI is InChI=1S/C15H18N4O4/c1-19-14(21)10(8-17-15(19)22)7-13(20)18-12(9-23-2)11-5-3-4-6-16-11/h3-6,8,12H,7,9H2,1-2H3,(H,17,22)(H,18,20)/t12-/m0/s1. The van der Waals surface area contributed by atoms with Gasteiger partial charge in [-0.15, -0.1) is 0 Å². The van der Waals surface area contributed by atoms with E-state index in [1.165, 1.54) is 20.4 Å². The zero-order valence-electron chi connectivity index (χ0n) is 12.9. The predicted molar refractivity (Wildman–Crippen MR) is 83.0 cm³/mol. The summed E-state index contributed by atoms with van der Waals surface area (Å²) in [5.41, 5.74) is -0.145. The molecule has 0 unspecified atom stereocenters. The monoisotopic (exact) mass is 318 g/mol. The van der Waals surface area contributed by atoms with E-state index >= 15 is 0 Å². The predicted octanol–water partition coefficient (Wildman–Crippen LogP) is -0.485. The number of hydrogen-bond acceptors (Lipinski definition) is 5. The second-order valence-corrected chi connectivity index (χ2v) is 4.99. The number of carbonyl (C=O) groups is 1. The van der Waals surface area contributed by atoms with Gasteiger partial charge in [0.2, 0.25) is 5.91 Å². The van der Waals surface area contributed by atoms with E-state index in [0.29, 0.717) is 5.69 Å². The molecule has 122 valence electrons. The SMILES string of the molecule is COC[C@H](NC(=O)Cc1c[nH]c(=O)n(C)c1=O)c1ccccn1. The van der Waals surface area contributed by atoms with E-state index in [-0.39, 0.29) is 24.5 Å². The topological polar surface area (TPSA) is 106 Å². The second-order valence-electron chi connectivity index (χ2n) is 4.99. The summed E-state index contributed by atoms with van der Waals surface area (Å²) >= 11 is 0. The number of nitrogens with one attached hydrogen (secondary N) is 2. The van der Waals surface area contributed by atoms with Crippen molar-refractivity contribution >= 4 is 5.91 Å². The number of nitrogens with zero attached hydrogens (tertiary/aromatic N) is 2. The Bertz CT molecular complexity index is 782. The normalized spacial score (nSPS) is 11.9. The van der Waals surface area contributed by atoms with Crippen LogP contribution in [0.3, 0.4) is 0 Å². The minimum Gasteiger partial charge on any atom is -0.382 e. The van der Waals surface area contributed by atoms with Gasteiger partial charge in [-0.1, -0.05) is 6.07 Å². The molecule has 1 amide bonds. The van der Waals surface area contributed by atoms with Crippen LogP contribution in [0.2, 0.25) is 0 Å². The van der Waals surface area contributed by atoms with Gasteiger partial charge in [0, 0.05) is 32.1 Å². The van der Waals surface area contributed by atoms with E-state index in [1.807, 2.05) is 6.07 Å². The van der Waals surface area contributed by atoms with Gasteiger partial charge in [0.25, 0.3) is 5.56 Å². The first-order chi connectivity index (χ1) is 11.0. The van der Waals surface area contributed by atoms with Crippen molar-refractivity contribution in [2.75, 3.05) is 13.7 Å². The van der Waals surface area contributed by atoms with Crippen LogP contribution in [-0.4, -0.2) is 34.2 Å². The zero-order valence-corrected chi connectivity index (χ0v) is 12.9. The van der Waals surface area contributed by atoms with Gasteiger partial charge in [0.15, 0.2) is 0 Å². The van der Waals surface area contributed by atoms with E-state index in [4.69, 9.17) is 4.74 Å². The molecule has 0 saturated heterocycles. The number of rotatable bonds is 6. The number of ether oxygens (including phenoxy) is 1. The number of hydrogen-bond donors (Lipinski definition) is 2. The largest absolute Gasteiger partial charge is 0.382 e. The van der Waals surface area contributed by atoms with Crippen LogP contribution >= 0.6 is 0 Å². The summed E-state index contributed by atoms with van der Waals surface area (Å²) in [5.74, 6) is -0.359. The Balaban J connectivity index is 2.13. The summed E-state index contributed by atoms with van der Waals surface area (Å²) in [6, 6.07) is 4.96. The first kappa shape index (κ1) is 16.6. The Labute approximate surface area is 132 Å². The van der Waals surface area contributed by atoms with Crippen LogP contribution in [0.15, 0.2) is 40.2 Å². The summed E-state index contributed by atoms with van der Waals surface area (Å²) in [6.07, 6.45) is 2.74. The summed E-state index contributed by atoms with van der Waals surface area (Å²) in [5, 5.41) is 2.78. The Morgan fingerprint density at radius 2 is 2.22 bits per heavy atom. The molecule has 2 aromatic rings. The van der Waals surface area contributed by atoms with Gasteiger partial charge < -0.3 is 15.0 Å². The van der Waals surface area contributed by atoms with Crippen LogP contribution in [0.5, 0.6) is 0 Å². The molecule has 2 rings (SSSR count). The number of amides is 1. The van der Waals surface area contributed by atoms with Gasteiger partial charge in [0.1, 0.15) is 0 Å². The fourth-order valence-electron chi connectivity index (χ4n) is 2.11. The minimum atomic E-state index is -0.523. The molecule has 0 saturated carbocycles. The molecule has 0 aromatic carbocycles. The Hall–Kier alpha value is -2.74. The van der Waals surface area contributed by atoms with Crippen LogP contribution in [0.1, 0.15) is 17.3 Å². The van der Waals surface area contributed by atoms with Crippen molar-refractivity contribution in [1.82, 2.24) is 19.9 Å². The molecule has 1 atom stereocenters. The molecule has 8 nitrogen and oxygen atoms in total.